The Morgan fingerprint density at radius 1 is 1.25 bits per heavy atom. The summed E-state index contributed by atoms with van der Waals surface area (Å²) in [6.45, 7) is 9.18. The molecule has 1 aliphatic carbocycles. The summed E-state index contributed by atoms with van der Waals surface area (Å²) in [5, 5.41) is 8.65. The molecule has 1 aromatic heterocycles. The number of allylic oxidation sites excluding steroid dienone is 4. The van der Waals surface area contributed by atoms with Gasteiger partial charge in [-0.05, 0) is 26.3 Å². The van der Waals surface area contributed by atoms with E-state index in [4.69, 9.17) is 5.41 Å². The molecule has 1 aromatic rings. The summed E-state index contributed by atoms with van der Waals surface area (Å²) in [7, 11) is 2.15. The Balaban J connectivity index is 1.87. The Hall–Kier alpha value is -1.88. The largest absolute Gasteiger partial charge is 0.351 e. The number of hydrogen-bond donors (Lipinski definition) is 1. The summed E-state index contributed by atoms with van der Waals surface area (Å²) in [6.07, 6.45) is 10.6. The third-order valence-electron chi connectivity index (χ3n) is 5.24. The fourth-order valence-corrected chi connectivity index (χ4v) is 3.52. The Morgan fingerprint density at radius 2 is 2.00 bits per heavy atom. The molecular weight excluding hydrogens is 298 g/mol. The van der Waals surface area contributed by atoms with Crippen LogP contribution in [0.3, 0.4) is 0 Å². The number of likely N-dealkylation sites (N-methyl/N-ethyl adjacent to an activating group) is 1. The van der Waals surface area contributed by atoms with E-state index in [1.807, 2.05) is 6.20 Å². The lowest BCUT2D eigenvalue weighted by Gasteiger charge is -2.33. The Labute approximate surface area is 144 Å². The van der Waals surface area contributed by atoms with Gasteiger partial charge in [-0.15, -0.1) is 0 Å². The van der Waals surface area contributed by atoms with Crippen LogP contribution < -0.4 is 10.4 Å². The van der Waals surface area contributed by atoms with E-state index < -0.39 is 0 Å². The van der Waals surface area contributed by atoms with Crippen molar-refractivity contribution in [3.63, 3.8) is 0 Å². The highest BCUT2D eigenvalue weighted by atomic mass is 15.3. The maximum absolute atomic E-state index is 8.65. The topological polar surface area (TPSA) is 48.2 Å². The van der Waals surface area contributed by atoms with Gasteiger partial charge in [-0.2, -0.15) is 0 Å². The first-order valence-corrected chi connectivity index (χ1v) is 9.02. The van der Waals surface area contributed by atoms with Crippen LogP contribution in [-0.4, -0.2) is 47.7 Å². The van der Waals surface area contributed by atoms with Crippen molar-refractivity contribution in [2.75, 3.05) is 38.1 Å². The number of anilines is 1. The first-order chi connectivity index (χ1) is 11.6. The van der Waals surface area contributed by atoms with Crippen molar-refractivity contribution < 1.29 is 0 Å². The second kappa shape index (κ2) is 7.34. The number of hydrogen-bond acceptors (Lipinski definition) is 4. The van der Waals surface area contributed by atoms with E-state index in [0.29, 0.717) is 11.4 Å². The molecule has 1 aliphatic heterocycles. The summed E-state index contributed by atoms with van der Waals surface area (Å²) in [5.74, 6) is 1.41. The molecule has 0 amide bonds. The van der Waals surface area contributed by atoms with Crippen LogP contribution in [0.5, 0.6) is 0 Å². The van der Waals surface area contributed by atoms with Crippen molar-refractivity contribution in [1.82, 2.24) is 14.5 Å². The molecule has 2 heterocycles. The average molecular weight is 327 g/mol. The van der Waals surface area contributed by atoms with Gasteiger partial charge in [0, 0.05) is 51.0 Å². The minimum atomic E-state index is 0.555. The van der Waals surface area contributed by atoms with E-state index >= 15 is 0 Å². The summed E-state index contributed by atoms with van der Waals surface area (Å²) in [4.78, 5) is 9.26. The molecule has 0 radical (unpaired) electrons. The molecular formula is C19H29N5. The van der Waals surface area contributed by atoms with Gasteiger partial charge >= 0.3 is 0 Å². The molecule has 1 saturated heterocycles. The normalized spacial score (nSPS) is 21.9. The molecule has 3 rings (SSSR count). The van der Waals surface area contributed by atoms with E-state index in [0.717, 1.165) is 57.1 Å². The lowest BCUT2D eigenvalue weighted by molar-refractivity contribution is 0.311. The fraction of sp³-hybridized carbons (Fsp3) is 0.579. The standard InChI is InChI=1S/C19H29N5/c1-4-24-17(13-16-8-6-5-7-15(16)2)14-21-19(18(24)20)23-11-9-22(3)10-12-23/h5-6,8,14-15,20H,4,7,9-13H2,1-3H3. The molecule has 1 atom stereocenters. The second-order valence-corrected chi connectivity index (χ2v) is 6.94. The lowest BCUT2D eigenvalue weighted by atomic mass is 9.90. The van der Waals surface area contributed by atoms with Crippen LogP contribution in [0.4, 0.5) is 5.82 Å². The molecule has 0 spiro atoms. The maximum Gasteiger partial charge on any atom is 0.171 e. The van der Waals surface area contributed by atoms with Crippen LogP contribution in [-0.2, 0) is 13.0 Å². The molecule has 1 unspecified atom stereocenters. The minimum absolute atomic E-state index is 0.555. The van der Waals surface area contributed by atoms with Gasteiger partial charge in [-0.25, -0.2) is 4.98 Å². The Kier molecular flexibility index (Phi) is 5.19. The zero-order valence-corrected chi connectivity index (χ0v) is 15.1. The van der Waals surface area contributed by atoms with Crippen LogP contribution in [0.1, 0.15) is 26.0 Å². The monoisotopic (exact) mass is 327 g/mol. The number of rotatable bonds is 4. The molecule has 0 aromatic carbocycles. The third kappa shape index (κ3) is 3.46. The predicted octanol–water partition coefficient (Wildman–Crippen LogP) is 2.20. The van der Waals surface area contributed by atoms with Gasteiger partial charge in [0.1, 0.15) is 0 Å². The van der Waals surface area contributed by atoms with Crippen molar-refractivity contribution in [2.45, 2.75) is 33.2 Å². The number of piperazine rings is 1. The van der Waals surface area contributed by atoms with Gasteiger partial charge in [0.05, 0.1) is 0 Å². The van der Waals surface area contributed by atoms with Gasteiger partial charge < -0.3 is 14.4 Å². The van der Waals surface area contributed by atoms with Gasteiger partial charge in [0.15, 0.2) is 11.3 Å². The Bertz CT molecular complexity index is 692. The molecule has 5 nitrogen and oxygen atoms in total. The summed E-state index contributed by atoms with van der Waals surface area (Å²) in [5.41, 5.74) is 3.14. The lowest BCUT2D eigenvalue weighted by Crippen LogP contribution is -2.47. The van der Waals surface area contributed by atoms with E-state index in [1.54, 1.807) is 0 Å². The number of nitrogens with zero attached hydrogens (tertiary/aromatic N) is 4. The van der Waals surface area contributed by atoms with Gasteiger partial charge in [0.25, 0.3) is 0 Å². The van der Waals surface area contributed by atoms with Gasteiger partial charge in [-0.1, -0.05) is 30.7 Å². The van der Waals surface area contributed by atoms with Crippen molar-refractivity contribution in [3.05, 3.63) is 41.2 Å². The molecule has 1 N–H and O–H groups in total. The van der Waals surface area contributed by atoms with Crippen LogP contribution in [0.15, 0.2) is 30.0 Å². The molecule has 1 fully saturated rings. The van der Waals surface area contributed by atoms with E-state index in [9.17, 15) is 0 Å². The van der Waals surface area contributed by atoms with Crippen LogP contribution in [0.2, 0.25) is 0 Å². The summed E-state index contributed by atoms with van der Waals surface area (Å²) < 4.78 is 2.12. The highest BCUT2D eigenvalue weighted by molar-refractivity contribution is 5.37. The second-order valence-electron chi connectivity index (χ2n) is 6.94. The van der Waals surface area contributed by atoms with Crippen molar-refractivity contribution in [2.24, 2.45) is 5.92 Å². The van der Waals surface area contributed by atoms with Crippen LogP contribution in [0, 0.1) is 11.3 Å². The highest BCUT2D eigenvalue weighted by Gasteiger charge is 2.19. The maximum atomic E-state index is 8.65. The molecule has 24 heavy (non-hydrogen) atoms. The van der Waals surface area contributed by atoms with Crippen molar-refractivity contribution in [1.29, 1.82) is 5.41 Å². The number of aromatic nitrogens is 2. The quantitative estimate of drug-likeness (QED) is 0.922. The van der Waals surface area contributed by atoms with Crippen molar-refractivity contribution >= 4 is 5.82 Å². The molecule has 5 heteroatoms. The molecule has 2 aliphatic rings. The number of nitrogens with one attached hydrogen (secondary N) is 1. The highest BCUT2D eigenvalue weighted by Crippen LogP contribution is 2.23. The van der Waals surface area contributed by atoms with Crippen LogP contribution in [0.25, 0.3) is 0 Å². The average Bonchev–Trinajstić information content (AvgIpc) is 2.58. The summed E-state index contributed by atoms with van der Waals surface area (Å²) >= 11 is 0. The van der Waals surface area contributed by atoms with E-state index in [2.05, 4.69) is 58.5 Å². The Morgan fingerprint density at radius 3 is 2.67 bits per heavy atom. The van der Waals surface area contributed by atoms with Gasteiger partial charge in [0.2, 0.25) is 0 Å². The van der Waals surface area contributed by atoms with Crippen molar-refractivity contribution in [3.8, 4) is 0 Å². The zero-order chi connectivity index (χ0) is 17.1. The van der Waals surface area contributed by atoms with E-state index in [1.165, 1.54) is 5.57 Å². The molecule has 130 valence electrons. The third-order valence-corrected chi connectivity index (χ3v) is 5.24. The minimum Gasteiger partial charge on any atom is -0.351 e. The van der Waals surface area contributed by atoms with Crippen LogP contribution >= 0.6 is 0 Å². The van der Waals surface area contributed by atoms with Gasteiger partial charge in [-0.3, -0.25) is 5.41 Å². The molecule has 0 saturated carbocycles. The summed E-state index contributed by atoms with van der Waals surface area (Å²) in [6, 6.07) is 0. The molecule has 0 bridgehead atoms. The smallest absolute Gasteiger partial charge is 0.171 e. The van der Waals surface area contributed by atoms with E-state index in [-0.39, 0.29) is 0 Å². The predicted molar refractivity (Wildman–Crippen MR) is 98.2 cm³/mol. The first kappa shape index (κ1) is 17.0. The fourth-order valence-electron chi connectivity index (χ4n) is 3.52. The zero-order valence-electron chi connectivity index (χ0n) is 15.1. The first-order valence-electron chi connectivity index (χ1n) is 9.02. The SMILES string of the molecule is CCn1c(CC2=CC=CCC2C)cnc(N2CCN(C)CC2)c1=N.